The number of hydrogen-bond acceptors (Lipinski definition) is 6. The summed E-state index contributed by atoms with van der Waals surface area (Å²) < 4.78 is 15.6. The number of hydrogen-bond donors (Lipinski definition) is 1. The Morgan fingerprint density at radius 3 is 2.57 bits per heavy atom. The summed E-state index contributed by atoms with van der Waals surface area (Å²) in [4.78, 5) is 35.4. The number of amides is 1. The fourth-order valence-corrected chi connectivity index (χ4v) is 1.91. The molecule has 0 bridgehead atoms. The fraction of sp³-hybridized carbons (Fsp3) is 0.312. The van der Waals surface area contributed by atoms with Crippen molar-refractivity contribution in [3.05, 3.63) is 34.0 Å². The van der Waals surface area contributed by atoms with E-state index in [0.29, 0.717) is 12.0 Å². The third-order valence-corrected chi connectivity index (χ3v) is 2.86. The summed E-state index contributed by atoms with van der Waals surface area (Å²) in [6.07, 6.45) is -0.492. The van der Waals surface area contributed by atoms with Crippen molar-refractivity contribution in [2.24, 2.45) is 0 Å². The van der Waals surface area contributed by atoms with Crippen LogP contribution in [0.25, 0.3) is 11.0 Å². The van der Waals surface area contributed by atoms with Gasteiger partial charge in [-0.3, -0.25) is 14.9 Å². The van der Waals surface area contributed by atoms with Gasteiger partial charge in [-0.1, -0.05) is 0 Å². The Kier molecular flexibility index (Phi) is 4.40. The first-order valence-electron chi connectivity index (χ1n) is 6.85. The van der Waals surface area contributed by atoms with Crippen LogP contribution in [0.3, 0.4) is 0 Å². The Balaban J connectivity index is 2.50. The first-order valence-corrected chi connectivity index (χ1v) is 6.85. The third-order valence-electron chi connectivity index (χ3n) is 2.86. The van der Waals surface area contributed by atoms with Gasteiger partial charge < -0.3 is 13.9 Å². The van der Waals surface area contributed by atoms with Crippen LogP contribution in [0.2, 0.25) is 0 Å². The predicted molar refractivity (Wildman–Crippen MR) is 84.3 cm³/mol. The summed E-state index contributed by atoms with van der Waals surface area (Å²) in [7, 11) is 1.46. The zero-order valence-electron chi connectivity index (χ0n) is 13.3. The van der Waals surface area contributed by atoms with Crippen molar-refractivity contribution in [1.29, 1.82) is 0 Å². The Labute approximate surface area is 132 Å². The van der Waals surface area contributed by atoms with Gasteiger partial charge in [-0.25, -0.2) is 4.79 Å². The van der Waals surface area contributed by atoms with Crippen LogP contribution in [-0.2, 0) is 4.74 Å². The maximum Gasteiger partial charge on any atom is 0.414 e. The number of carbonyl (C=O) groups is 2. The van der Waals surface area contributed by atoms with Crippen LogP contribution in [0.1, 0.15) is 31.1 Å². The highest BCUT2D eigenvalue weighted by Crippen LogP contribution is 2.23. The number of carbonyl (C=O) groups excluding carboxylic acids is 2. The molecule has 1 aromatic carbocycles. The summed E-state index contributed by atoms with van der Waals surface area (Å²) in [6, 6.07) is 4.58. The van der Waals surface area contributed by atoms with Crippen molar-refractivity contribution < 1.29 is 23.5 Å². The van der Waals surface area contributed by atoms with E-state index in [0.717, 1.165) is 0 Å². The van der Waals surface area contributed by atoms with Crippen molar-refractivity contribution in [3.63, 3.8) is 0 Å². The second kappa shape index (κ2) is 6.12. The second-order valence-corrected chi connectivity index (χ2v) is 5.78. The van der Waals surface area contributed by atoms with Crippen molar-refractivity contribution in [2.75, 3.05) is 12.4 Å². The Morgan fingerprint density at radius 2 is 2.00 bits per heavy atom. The van der Waals surface area contributed by atoms with Gasteiger partial charge in [-0.2, -0.15) is 0 Å². The van der Waals surface area contributed by atoms with Crippen LogP contribution in [0, 0.1) is 0 Å². The van der Waals surface area contributed by atoms with E-state index in [9.17, 15) is 14.4 Å². The van der Waals surface area contributed by atoms with Gasteiger partial charge in [0, 0.05) is 0 Å². The largest absolute Gasteiger partial charge is 0.497 e. The zero-order valence-corrected chi connectivity index (χ0v) is 13.3. The van der Waals surface area contributed by atoms with Gasteiger partial charge in [0.2, 0.25) is 11.3 Å². The molecule has 0 aliphatic carbocycles. The molecule has 0 saturated heterocycles. The third kappa shape index (κ3) is 3.68. The molecule has 1 N–H and O–H groups in total. The lowest BCUT2D eigenvalue weighted by Crippen LogP contribution is -2.28. The summed E-state index contributed by atoms with van der Waals surface area (Å²) in [5.41, 5.74) is -1.37. The number of nitrogens with one attached hydrogen (secondary N) is 1. The highest BCUT2D eigenvalue weighted by atomic mass is 16.6. The van der Waals surface area contributed by atoms with Crippen molar-refractivity contribution in [2.45, 2.75) is 26.4 Å². The molecule has 0 aliphatic rings. The van der Waals surface area contributed by atoms with E-state index < -0.39 is 17.1 Å². The first-order chi connectivity index (χ1) is 10.7. The number of benzene rings is 1. The average molecular weight is 319 g/mol. The van der Waals surface area contributed by atoms with Crippen LogP contribution in [0.4, 0.5) is 10.7 Å². The summed E-state index contributed by atoms with van der Waals surface area (Å²) in [6.45, 7) is 5.07. The fourth-order valence-electron chi connectivity index (χ4n) is 1.91. The predicted octanol–water partition coefficient (Wildman–Crippen LogP) is 2.96. The number of rotatable bonds is 3. The molecule has 1 aromatic heterocycles. The maximum atomic E-state index is 12.4. The molecule has 7 heteroatoms. The number of methoxy groups -OCH3 is 1. The minimum Gasteiger partial charge on any atom is -0.497 e. The highest BCUT2D eigenvalue weighted by molar-refractivity contribution is 5.94. The topological polar surface area (TPSA) is 94.8 Å². The normalized spacial score (nSPS) is 11.1. The standard InChI is InChI=1S/C16H17NO6/c1-16(2,3)23-15(20)17-14-11(8-18)13(19)10-7-9(21-4)5-6-12(10)22-14/h5-8H,1-4H3,(H,17,20). The smallest absolute Gasteiger partial charge is 0.414 e. The molecule has 0 atom stereocenters. The molecular weight excluding hydrogens is 302 g/mol. The van der Waals surface area contributed by atoms with Crippen LogP contribution in [0.15, 0.2) is 27.4 Å². The van der Waals surface area contributed by atoms with Crippen LogP contribution >= 0.6 is 0 Å². The molecule has 2 aromatic rings. The molecule has 0 unspecified atom stereocenters. The summed E-state index contributed by atoms with van der Waals surface area (Å²) in [5.74, 6) is 0.200. The van der Waals surface area contributed by atoms with Gasteiger partial charge in [0.15, 0.2) is 6.29 Å². The van der Waals surface area contributed by atoms with E-state index >= 15 is 0 Å². The first kappa shape index (κ1) is 16.5. The minimum absolute atomic E-state index is 0.182. The highest BCUT2D eigenvalue weighted by Gasteiger charge is 2.21. The lowest BCUT2D eigenvalue weighted by molar-refractivity contribution is 0.0632. The molecule has 0 radical (unpaired) electrons. The molecule has 0 spiro atoms. The zero-order chi connectivity index (χ0) is 17.2. The number of ether oxygens (including phenoxy) is 2. The van der Waals surface area contributed by atoms with E-state index in [1.54, 1.807) is 26.8 Å². The Hall–Kier alpha value is -2.83. The van der Waals surface area contributed by atoms with Crippen LogP contribution in [0.5, 0.6) is 5.75 Å². The summed E-state index contributed by atoms with van der Waals surface area (Å²) >= 11 is 0. The monoisotopic (exact) mass is 319 g/mol. The second-order valence-electron chi connectivity index (χ2n) is 5.78. The van der Waals surface area contributed by atoms with Crippen molar-refractivity contribution >= 4 is 29.2 Å². The molecular formula is C16H17NO6. The van der Waals surface area contributed by atoms with Gasteiger partial charge in [0.1, 0.15) is 22.5 Å². The van der Waals surface area contributed by atoms with Gasteiger partial charge in [0.25, 0.3) is 0 Å². The Morgan fingerprint density at radius 1 is 1.30 bits per heavy atom. The molecule has 1 heterocycles. The summed E-state index contributed by atoms with van der Waals surface area (Å²) in [5, 5.41) is 2.47. The van der Waals surface area contributed by atoms with Gasteiger partial charge in [-0.05, 0) is 39.0 Å². The van der Waals surface area contributed by atoms with E-state index in [1.807, 2.05) is 0 Å². The van der Waals surface area contributed by atoms with Crippen LogP contribution in [-0.4, -0.2) is 25.1 Å². The lowest BCUT2D eigenvalue weighted by atomic mass is 10.1. The van der Waals surface area contributed by atoms with Crippen molar-refractivity contribution in [1.82, 2.24) is 0 Å². The van der Waals surface area contributed by atoms with E-state index in [1.165, 1.54) is 19.2 Å². The molecule has 0 fully saturated rings. The molecule has 23 heavy (non-hydrogen) atoms. The van der Waals surface area contributed by atoms with E-state index in [-0.39, 0.29) is 22.4 Å². The van der Waals surface area contributed by atoms with E-state index in [2.05, 4.69) is 5.32 Å². The molecule has 0 aliphatic heterocycles. The number of fused-ring (bicyclic) bond motifs is 1. The number of aldehydes is 1. The maximum absolute atomic E-state index is 12.4. The molecule has 0 saturated carbocycles. The van der Waals surface area contributed by atoms with Gasteiger partial charge in [-0.15, -0.1) is 0 Å². The van der Waals surface area contributed by atoms with Gasteiger partial charge in [0.05, 0.1) is 12.5 Å². The SMILES string of the molecule is COc1ccc2oc(NC(=O)OC(C)(C)C)c(C=O)c(=O)c2c1. The lowest BCUT2D eigenvalue weighted by Gasteiger charge is -2.19. The molecule has 1 amide bonds. The van der Waals surface area contributed by atoms with Gasteiger partial charge >= 0.3 is 6.09 Å². The van der Waals surface area contributed by atoms with Crippen molar-refractivity contribution in [3.8, 4) is 5.75 Å². The minimum atomic E-state index is -0.823. The van der Waals surface area contributed by atoms with E-state index in [4.69, 9.17) is 13.9 Å². The quantitative estimate of drug-likeness (QED) is 0.874. The number of anilines is 1. The molecule has 122 valence electrons. The van der Waals surface area contributed by atoms with Crippen LogP contribution < -0.4 is 15.5 Å². The molecule has 2 rings (SSSR count). The molecule has 7 nitrogen and oxygen atoms in total. The average Bonchev–Trinajstić information content (AvgIpc) is 2.45. The Bertz CT molecular complexity index is 816.